The van der Waals surface area contributed by atoms with E-state index in [0.29, 0.717) is 0 Å². The van der Waals surface area contributed by atoms with Crippen molar-refractivity contribution in [2.24, 2.45) is 0 Å². The number of halogens is 3. The third kappa shape index (κ3) is 3.18. The first-order valence-corrected chi connectivity index (χ1v) is 6.40. The van der Waals surface area contributed by atoms with Crippen molar-refractivity contribution in [3.8, 4) is 5.69 Å². The van der Waals surface area contributed by atoms with Crippen LogP contribution in [0.2, 0.25) is 0 Å². The van der Waals surface area contributed by atoms with Gasteiger partial charge in [-0.3, -0.25) is 4.79 Å². The van der Waals surface area contributed by atoms with Gasteiger partial charge in [0.1, 0.15) is 0 Å². The summed E-state index contributed by atoms with van der Waals surface area (Å²) in [6.07, 6.45) is -4.48. The minimum atomic E-state index is -4.48. The normalized spacial score (nSPS) is 11.7. The number of hydrogen-bond acceptors (Lipinski definition) is 4. The van der Waals surface area contributed by atoms with E-state index in [1.165, 1.54) is 12.1 Å². The van der Waals surface area contributed by atoms with Crippen molar-refractivity contribution in [3.05, 3.63) is 35.5 Å². The zero-order valence-corrected chi connectivity index (χ0v) is 11.8. The molecule has 2 aromatic rings. The summed E-state index contributed by atoms with van der Waals surface area (Å²) in [6, 6.07) is 4.31. The van der Waals surface area contributed by atoms with E-state index < -0.39 is 17.6 Å². The van der Waals surface area contributed by atoms with Gasteiger partial charge in [-0.25, -0.2) is 0 Å². The molecule has 0 aliphatic rings. The van der Waals surface area contributed by atoms with E-state index >= 15 is 0 Å². The van der Waals surface area contributed by atoms with Crippen LogP contribution in [0.5, 0.6) is 0 Å². The topological polar surface area (TPSA) is 85.8 Å². The summed E-state index contributed by atoms with van der Waals surface area (Å²) >= 11 is 0. The number of benzene rings is 1. The first-order chi connectivity index (χ1) is 10.2. The minimum Gasteiger partial charge on any atom is -0.382 e. The number of hydrogen-bond donors (Lipinski definition) is 2. The summed E-state index contributed by atoms with van der Waals surface area (Å²) in [4.78, 5) is 11.9. The Morgan fingerprint density at radius 1 is 1.36 bits per heavy atom. The summed E-state index contributed by atoms with van der Waals surface area (Å²) in [5, 5.41) is 9.87. The number of carbonyl (C=O) groups is 1. The summed E-state index contributed by atoms with van der Waals surface area (Å²) in [5.41, 5.74) is 4.87. The predicted octanol–water partition coefficient (Wildman–Crippen LogP) is 2.01. The molecule has 1 aromatic carbocycles. The highest BCUT2D eigenvalue weighted by molar-refractivity contribution is 5.96. The molecule has 0 spiro atoms. The van der Waals surface area contributed by atoms with Gasteiger partial charge in [-0.05, 0) is 32.0 Å². The highest BCUT2D eigenvalue weighted by Gasteiger charge is 2.31. The van der Waals surface area contributed by atoms with E-state index in [-0.39, 0.29) is 23.2 Å². The van der Waals surface area contributed by atoms with Crippen molar-refractivity contribution in [1.29, 1.82) is 0 Å². The van der Waals surface area contributed by atoms with Gasteiger partial charge in [0.05, 0.1) is 11.3 Å². The number of aromatic nitrogens is 3. The molecule has 0 saturated heterocycles. The van der Waals surface area contributed by atoms with E-state index in [4.69, 9.17) is 5.73 Å². The maximum absolute atomic E-state index is 12.7. The molecule has 22 heavy (non-hydrogen) atoms. The van der Waals surface area contributed by atoms with E-state index in [9.17, 15) is 18.0 Å². The molecule has 3 N–H and O–H groups in total. The fraction of sp³-hybridized carbons (Fsp3) is 0.308. The molecule has 1 amide bonds. The number of nitrogens with one attached hydrogen (secondary N) is 1. The van der Waals surface area contributed by atoms with E-state index in [1.807, 2.05) is 0 Å². The van der Waals surface area contributed by atoms with Crippen LogP contribution in [0.3, 0.4) is 0 Å². The van der Waals surface area contributed by atoms with Crippen LogP contribution < -0.4 is 11.1 Å². The fourth-order valence-electron chi connectivity index (χ4n) is 1.79. The summed E-state index contributed by atoms with van der Waals surface area (Å²) < 4.78 is 39.2. The lowest BCUT2D eigenvalue weighted by molar-refractivity contribution is -0.137. The highest BCUT2D eigenvalue weighted by Crippen LogP contribution is 2.30. The number of alkyl halides is 3. The average molecular weight is 313 g/mol. The molecule has 0 aliphatic heterocycles. The lowest BCUT2D eigenvalue weighted by Gasteiger charge is -2.09. The number of amides is 1. The van der Waals surface area contributed by atoms with Crippen LogP contribution in [0.15, 0.2) is 24.3 Å². The number of nitrogens with zero attached hydrogens (tertiary/aromatic N) is 3. The molecule has 0 fully saturated rings. The van der Waals surface area contributed by atoms with Crippen LogP contribution in [0.25, 0.3) is 5.69 Å². The van der Waals surface area contributed by atoms with Crippen molar-refractivity contribution < 1.29 is 18.0 Å². The number of anilines is 1. The maximum atomic E-state index is 12.7. The molecular weight excluding hydrogens is 299 g/mol. The van der Waals surface area contributed by atoms with Crippen molar-refractivity contribution in [1.82, 2.24) is 20.3 Å². The van der Waals surface area contributed by atoms with Gasteiger partial charge in [-0.2, -0.15) is 17.9 Å². The molecule has 0 saturated carbocycles. The van der Waals surface area contributed by atoms with Crippen molar-refractivity contribution in [2.45, 2.75) is 26.1 Å². The molecule has 0 radical (unpaired) electrons. The van der Waals surface area contributed by atoms with Gasteiger partial charge in [-0.1, -0.05) is 11.3 Å². The molecule has 1 heterocycles. The standard InChI is InChI=1S/C13H14F3N5O/c1-7(2)18-12(22)10-11(17)21(20-19-10)9-5-3-4-8(6-9)13(14,15)16/h3-7H,17H2,1-2H3,(H,18,22). The third-order valence-electron chi connectivity index (χ3n) is 2.76. The monoisotopic (exact) mass is 313 g/mol. The first kappa shape index (κ1) is 15.8. The van der Waals surface area contributed by atoms with Gasteiger partial charge < -0.3 is 11.1 Å². The summed E-state index contributed by atoms with van der Waals surface area (Å²) in [7, 11) is 0. The highest BCUT2D eigenvalue weighted by atomic mass is 19.4. The SMILES string of the molecule is CC(C)NC(=O)c1nnn(-c2cccc(C(F)(F)F)c2)c1N. The van der Waals surface area contributed by atoms with Crippen molar-refractivity contribution in [3.63, 3.8) is 0 Å². The zero-order chi connectivity index (χ0) is 16.5. The second-order valence-corrected chi connectivity index (χ2v) is 4.91. The number of nitrogens with two attached hydrogens (primary N) is 1. The summed E-state index contributed by atoms with van der Waals surface area (Å²) in [5.74, 6) is -0.664. The molecular formula is C13H14F3N5O. The third-order valence-corrected chi connectivity index (χ3v) is 2.76. The Morgan fingerprint density at radius 2 is 2.05 bits per heavy atom. The molecule has 9 heteroatoms. The van der Waals surface area contributed by atoms with Gasteiger partial charge >= 0.3 is 6.18 Å². The molecule has 0 atom stereocenters. The lowest BCUT2D eigenvalue weighted by atomic mass is 10.2. The molecule has 6 nitrogen and oxygen atoms in total. The smallest absolute Gasteiger partial charge is 0.382 e. The van der Waals surface area contributed by atoms with Crippen LogP contribution in [0.1, 0.15) is 29.9 Å². The van der Waals surface area contributed by atoms with Crippen LogP contribution in [-0.2, 0) is 6.18 Å². The fourth-order valence-corrected chi connectivity index (χ4v) is 1.79. The number of nitrogen functional groups attached to an aromatic ring is 1. The van der Waals surface area contributed by atoms with E-state index in [0.717, 1.165) is 16.8 Å². The van der Waals surface area contributed by atoms with Crippen LogP contribution in [-0.4, -0.2) is 26.9 Å². The van der Waals surface area contributed by atoms with E-state index in [1.54, 1.807) is 13.8 Å². The predicted molar refractivity (Wildman–Crippen MR) is 73.4 cm³/mol. The maximum Gasteiger partial charge on any atom is 0.416 e. The molecule has 0 bridgehead atoms. The van der Waals surface area contributed by atoms with Crippen LogP contribution in [0, 0.1) is 0 Å². The second kappa shape index (κ2) is 5.66. The molecule has 0 unspecified atom stereocenters. The Bertz CT molecular complexity index is 693. The lowest BCUT2D eigenvalue weighted by Crippen LogP contribution is -2.31. The molecule has 1 aromatic heterocycles. The van der Waals surface area contributed by atoms with Gasteiger partial charge in [-0.15, -0.1) is 5.10 Å². The Hall–Kier alpha value is -2.58. The Labute approximate surface area is 124 Å². The van der Waals surface area contributed by atoms with Gasteiger partial charge in [0.2, 0.25) is 0 Å². The van der Waals surface area contributed by atoms with Gasteiger partial charge in [0, 0.05) is 6.04 Å². The molecule has 118 valence electrons. The van der Waals surface area contributed by atoms with Crippen molar-refractivity contribution >= 4 is 11.7 Å². The zero-order valence-electron chi connectivity index (χ0n) is 11.8. The Kier molecular flexibility index (Phi) is 4.07. The van der Waals surface area contributed by atoms with Gasteiger partial charge in [0.15, 0.2) is 11.5 Å². The Balaban J connectivity index is 2.39. The largest absolute Gasteiger partial charge is 0.416 e. The average Bonchev–Trinajstić information content (AvgIpc) is 2.79. The summed E-state index contributed by atoms with van der Waals surface area (Å²) in [6.45, 7) is 3.51. The molecule has 0 aliphatic carbocycles. The van der Waals surface area contributed by atoms with Crippen molar-refractivity contribution in [2.75, 3.05) is 5.73 Å². The van der Waals surface area contributed by atoms with Gasteiger partial charge in [0.25, 0.3) is 5.91 Å². The van der Waals surface area contributed by atoms with E-state index in [2.05, 4.69) is 15.6 Å². The quantitative estimate of drug-likeness (QED) is 0.907. The number of carbonyl (C=O) groups excluding carboxylic acids is 1. The van der Waals surface area contributed by atoms with Crippen LogP contribution >= 0.6 is 0 Å². The Morgan fingerprint density at radius 3 is 2.64 bits per heavy atom. The molecule has 2 rings (SSSR count). The van der Waals surface area contributed by atoms with Crippen LogP contribution in [0.4, 0.5) is 19.0 Å². The first-order valence-electron chi connectivity index (χ1n) is 6.40. The minimum absolute atomic E-state index is 0.0726. The number of rotatable bonds is 3. The second-order valence-electron chi connectivity index (χ2n) is 4.91.